The zero-order chi connectivity index (χ0) is 6.74. The smallest absolute Gasteiger partial charge is 0.0479 e. The minimum absolute atomic E-state index is 0.325. The van der Waals surface area contributed by atoms with E-state index in [1.807, 2.05) is 0 Å². The van der Waals surface area contributed by atoms with Gasteiger partial charge in [-0.25, -0.2) is 0 Å². The predicted molar refractivity (Wildman–Crippen MR) is 45.5 cm³/mol. The van der Waals surface area contributed by atoms with Crippen molar-refractivity contribution in [1.82, 2.24) is 0 Å². The summed E-state index contributed by atoms with van der Waals surface area (Å²) in [7, 11) is 0. The van der Waals surface area contributed by atoms with Crippen molar-refractivity contribution in [2.24, 2.45) is 0 Å². The Balaban J connectivity index is 2.37. The van der Waals surface area contributed by atoms with E-state index in [0.717, 1.165) is 31.4 Å². The van der Waals surface area contributed by atoms with Crippen LogP contribution in [0, 0.1) is 0 Å². The van der Waals surface area contributed by atoms with Crippen molar-refractivity contribution in [3.8, 4) is 0 Å². The van der Waals surface area contributed by atoms with Crippen LogP contribution in [0.1, 0.15) is 12.8 Å². The molecule has 0 N–H and O–H groups in total. The van der Waals surface area contributed by atoms with Gasteiger partial charge in [0.05, 0.1) is 0 Å². The second kappa shape index (κ2) is 3.35. The van der Waals surface area contributed by atoms with Gasteiger partial charge >= 0.3 is 0 Å². The van der Waals surface area contributed by atoms with Gasteiger partial charge in [0.25, 0.3) is 0 Å². The number of alkyl halides is 2. The Bertz CT molecular complexity index is 89.1. The highest BCUT2D eigenvalue weighted by Gasteiger charge is 2.27. The van der Waals surface area contributed by atoms with Crippen LogP contribution in [0.15, 0.2) is 0 Å². The first-order valence-corrected chi connectivity index (χ1v) is 5.01. The molecule has 0 spiro atoms. The molecule has 0 aromatic heterocycles. The van der Waals surface area contributed by atoms with E-state index < -0.39 is 0 Å². The first kappa shape index (κ1) is 8.02. The third kappa shape index (κ3) is 2.20. The Morgan fingerprint density at radius 2 is 1.89 bits per heavy atom. The molecule has 1 heterocycles. The zero-order valence-electron chi connectivity index (χ0n) is 5.20. The van der Waals surface area contributed by atoms with E-state index in [9.17, 15) is 0 Å². The summed E-state index contributed by atoms with van der Waals surface area (Å²) in [5.74, 6) is 0. The van der Waals surface area contributed by atoms with Crippen LogP contribution in [0.2, 0.25) is 0 Å². The van der Waals surface area contributed by atoms with E-state index in [4.69, 9.17) is 4.74 Å². The monoisotopic (exact) mass is 256 g/mol. The molecule has 0 radical (unpaired) electrons. The fourth-order valence-electron chi connectivity index (χ4n) is 0.871. The Hall–Kier alpha value is 0.920. The molecule has 0 unspecified atom stereocenters. The lowest BCUT2D eigenvalue weighted by molar-refractivity contribution is 0.0843. The van der Waals surface area contributed by atoms with Crippen molar-refractivity contribution >= 4 is 31.9 Å². The van der Waals surface area contributed by atoms with Crippen molar-refractivity contribution in [3.63, 3.8) is 0 Å². The average Bonchev–Trinajstić information content (AvgIpc) is 1.90. The van der Waals surface area contributed by atoms with Gasteiger partial charge in [-0.05, 0) is 12.8 Å². The van der Waals surface area contributed by atoms with Crippen LogP contribution in [0.3, 0.4) is 0 Å². The number of hydrogen-bond donors (Lipinski definition) is 0. The zero-order valence-corrected chi connectivity index (χ0v) is 8.37. The normalized spacial score (nSPS) is 26.0. The molecule has 0 aliphatic carbocycles. The molecule has 1 rings (SSSR count). The standard InChI is InChI=1S/C6H10Br2O/c7-5-6(8)1-3-9-4-2-6/h1-5H2. The Morgan fingerprint density at radius 3 is 2.22 bits per heavy atom. The molecular formula is C6H10Br2O. The lowest BCUT2D eigenvalue weighted by atomic mass is 10.0. The van der Waals surface area contributed by atoms with Crippen LogP contribution >= 0.6 is 31.9 Å². The van der Waals surface area contributed by atoms with Crippen LogP contribution in [0.25, 0.3) is 0 Å². The lowest BCUT2D eigenvalue weighted by Gasteiger charge is -2.29. The van der Waals surface area contributed by atoms with Crippen molar-refractivity contribution in [2.45, 2.75) is 17.2 Å². The first-order valence-electron chi connectivity index (χ1n) is 3.09. The highest BCUT2D eigenvalue weighted by atomic mass is 79.9. The fourth-order valence-corrected chi connectivity index (χ4v) is 1.76. The highest BCUT2D eigenvalue weighted by molar-refractivity contribution is 9.12. The molecule has 0 amide bonds. The Morgan fingerprint density at radius 1 is 1.33 bits per heavy atom. The molecule has 0 atom stereocenters. The van der Waals surface area contributed by atoms with E-state index in [1.54, 1.807) is 0 Å². The van der Waals surface area contributed by atoms with Gasteiger partial charge in [0, 0.05) is 22.9 Å². The molecule has 1 aliphatic heterocycles. The summed E-state index contributed by atoms with van der Waals surface area (Å²) in [5, 5.41) is 1.03. The van der Waals surface area contributed by atoms with Gasteiger partial charge in [0.2, 0.25) is 0 Å². The topological polar surface area (TPSA) is 9.23 Å². The summed E-state index contributed by atoms with van der Waals surface area (Å²) in [5.41, 5.74) is 0. The first-order chi connectivity index (χ1) is 4.27. The number of rotatable bonds is 1. The predicted octanol–water partition coefficient (Wildman–Crippen LogP) is 2.33. The van der Waals surface area contributed by atoms with Crippen LogP contribution in [-0.4, -0.2) is 22.9 Å². The second-order valence-corrected chi connectivity index (χ2v) is 4.64. The molecule has 0 saturated carbocycles. The maximum atomic E-state index is 5.22. The van der Waals surface area contributed by atoms with Crippen molar-refractivity contribution < 1.29 is 4.74 Å². The van der Waals surface area contributed by atoms with Crippen LogP contribution in [0.4, 0.5) is 0 Å². The molecule has 1 fully saturated rings. The van der Waals surface area contributed by atoms with Crippen LogP contribution < -0.4 is 0 Å². The van der Waals surface area contributed by atoms with Crippen LogP contribution in [0.5, 0.6) is 0 Å². The summed E-state index contributed by atoms with van der Waals surface area (Å²) in [6.07, 6.45) is 2.25. The number of hydrogen-bond acceptors (Lipinski definition) is 1. The van der Waals surface area contributed by atoms with E-state index in [-0.39, 0.29) is 0 Å². The number of halogens is 2. The van der Waals surface area contributed by atoms with Crippen molar-refractivity contribution in [1.29, 1.82) is 0 Å². The van der Waals surface area contributed by atoms with Gasteiger partial charge in [0.1, 0.15) is 0 Å². The fraction of sp³-hybridized carbons (Fsp3) is 1.00. The second-order valence-electron chi connectivity index (χ2n) is 2.40. The van der Waals surface area contributed by atoms with Crippen molar-refractivity contribution in [3.05, 3.63) is 0 Å². The molecule has 1 aliphatic rings. The molecule has 1 saturated heterocycles. The average molecular weight is 258 g/mol. The summed E-state index contributed by atoms with van der Waals surface area (Å²) in [4.78, 5) is 0. The molecular weight excluding hydrogens is 248 g/mol. The maximum Gasteiger partial charge on any atom is 0.0479 e. The SMILES string of the molecule is BrCC1(Br)CCOCC1. The molecule has 0 aromatic carbocycles. The van der Waals surface area contributed by atoms with Gasteiger partial charge in [-0.15, -0.1) is 0 Å². The van der Waals surface area contributed by atoms with Crippen molar-refractivity contribution in [2.75, 3.05) is 18.5 Å². The Labute approximate surface area is 72.4 Å². The molecule has 0 bridgehead atoms. The largest absolute Gasteiger partial charge is 0.381 e. The molecule has 1 nitrogen and oxygen atoms in total. The van der Waals surface area contributed by atoms with E-state index >= 15 is 0 Å². The number of ether oxygens (including phenoxy) is 1. The molecule has 9 heavy (non-hydrogen) atoms. The summed E-state index contributed by atoms with van der Waals surface area (Å²) in [6, 6.07) is 0. The lowest BCUT2D eigenvalue weighted by Crippen LogP contribution is -2.31. The maximum absolute atomic E-state index is 5.22. The van der Waals surface area contributed by atoms with Crippen LogP contribution in [-0.2, 0) is 4.74 Å². The van der Waals surface area contributed by atoms with E-state index in [2.05, 4.69) is 31.9 Å². The van der Waals surface area contributed by atoms with Gasteiger partial charge in [-0.2, -0.15) is 0 Å². The highest BCUT2D eigenvalue weighted by Crippen LogP contribution is 2.31. The Kier molecular flexibility index (Phi) is 2.99. The van der Waals surface area contributed by atoms with Gasteiger partial charge in [0.15, 0.2) is 0 Å². The van der Waals surface area contributed by atoms with Gasteiger partial charge < -0.3 is 4.74 Å². The molecule has 54 valence electrons. The third-order valence-corrected chi connectivity index (χ3v) is 4.53. The summed E-state index contributed by atoms with van der Waals surface area (Å²) >= 11 is 7.13. The van der Waals surface area contributed by atoms with E-state index in [1.165, 1.54) is 0 Å². The van der Waals surface area contributed by atoms with E-state index in [0.29, 0.717) is 4.32 Å². The molecule has 3 heteroatoms. The minimum Gasteiger partial charge on any atom is -0.381 e. The minimum atomic E-state index is 0.325. The molecule has 0 aromatic rings. The summed E-state index contributed by atoms with van der Waals surface area (Å²) < 4.78 is 5.54. The van der Waals surface area contributed by atoms with Gasteiger partial charge in [-0.3, -0.25) is 0 Å². The third-order valence-electron chi connectivity index (χ3n) is 1.63. The summed E-state index contributed by atoms with van der Waals surface area (Å²) in [6.45, 7) is 1.80. The quantitative estimate of drug-likeness (QED) is 0.656. The van der Waals surface area contributed by atoms with Gasteiger partial charge in [-0.1, -0.05) is 31.9 Å².